The zero-order valence-electron chi connectivity index (χ0n) is 20.3. The second-order valence-corrected chi connectivity index (χ2v) is 12.6. The molecule has 14 heteroatoms. The number of methoxy groups -OCH3 is 1. The molecule has 5 rings (SSSR count). The van der Waals surface area contributed by atoms with Gasteiger partial charge in [0.1, 0.15) is 0 Å². The minimum atomic E-state index is -2.00. The number of fused-ring (bicyclic) bond motifs is 4. The summed E-state index contributed by atoms with van der Waals surface area (Å²) in [5, 5.41) is 19.5. The molecule has 4 aliphatic rings. The van der Waals surface area contributed by atoms with Crippen LogP contribution in [0.4, 0.5) is 0 Å². The lowest BCUT2D eigenvalue weighted by atomic mass is 9.56. The summed E-state index contributed by atoms with van der Waals surface area (Å²) in [6.45, 7) is -0.270. The standard InChI is InChI=1S/C25H22Br2Cl2N2O8/c1-39-15-7-10(6-14(27)19(15)34)18-11-2-3-12-17(21(36)30(20(12)35)5-4-16(32)33)13(11)8-24(28)22(37)31(9-26)23(38)25(18,24)29/h2,6-7,12-13,17-18,34H,3-5,8-9H2,1H3,(H,32,33)/t12-,13+,17-,18-,24+,25-/m0/s1. The summed E-state index contributed by atoms with van der Waals surface area (Å²) in [7, 11) is 1.35. The Morgan fingerprint density at radius 2 is 1.82 bits per heavy atom. The molecule has 3 fully saturated rings. The SMILES string of the molecule is COc1cc([C@H]2C3=CC[C@@H]4C(=O)N(CCC(=O)O)C(=O)[C@@H]4[C@@H]3C[C@@]3(Cl)C(=O)N(CBr)C(=O)[C@@]23Cl)cc(Br)c1O. The first kappa shape index (κ1) is 28.4. The van der Waals surface area contributed by atoms with Gasteiger partial charge in [-0.2, -0.15) is 0 Å². The fourth-order valence-corrected chi connectivity index (χ4v) is 8.42. The number of phenolic OH excluding ortho intramolecular Hbond substituents is 1. The highest BCUT2D eigenvalue weighted by Gasteiger charge is 2.76. The maximum Gasteiger partial charge on any atom is 0.305 e. The van der Waals surface area contributed by atoms with E-state index in [1.54, 1.807) is 12.1 Å². The highest BCUT2D eigenvalue weighted by Crippen LogP contribution is 2.66. The summed E-state index contributed by atoms with van der Waals surface area (Å²) in [6.07, 6.45) is 1.34. The summed E-state index contributed by atoms with van der Waals surface area (Å²) in [6, 6.07) is 3.05. The Morgan fingerprint density at radius 3 is 2.44 bits per heavy atom. The second-order valence-electron chi connectivity index (χ2n) is 10.0. The van der Waals surface area contributed by atoms with E-state index in [2.05, 4.69) is 31.9 Å². The van der Waals surface area contributed by atoms with Crippen molar-refractivity contribution >= 4 is 84.7 Å². The van der Waals surface area contributed by atoms with E-state index in [0.717, 1.165) is 9.80 Å². The van der Waals surface area contributed by atoms with E-state index in [-0.39, 0.29) is 40.8 Å². The van der Waals surface area contributed by atoms with Gasteiger partial charge in [-0.25, -0.2) is 0 Å². The Hall–Kier alpha value is -2.15. The molecule has 10 nitrogen and oxygen atoms in total. The number of carbonyl (C=O) groups excluding carboxylic acids is 4. The number of benzene rings is 1. The number of likely N-dealkylation sites (tertiary alicyclic amines) is 2. The van der Waals surface area contributed by atoms with Crippen molar-refractivity contribution < 1.29 is 38.9 Å². The summed E-state index contributed by atoms with van der Waals surface area (Å²) >= 11 is 20.8. The highest BCUT2D eigenvalue weighted by atomic mass is 79.9. The Labute approximate surface area is 249 Å². The normalized spacial score (nSPS) is 33.6. The first-order valence-corrected chi connectivity index (χ1v) is 14.6. The lowest BCUT2D eigenvalue weighted by Crippen LogP contribution is -2.60. The van der Waals surface area contributed by atoms with E-state index in [4.69, 9.17) is 33.0 Å². The van der Waals surface area contributed by atoms with Crippen molar-refractivity contribution in [2.75, 3.05) is 19.1 Å². The number of hydrogen-bond donors (Lipinski definition) is 2. The third-order valence-electron chi connectivity index (χ3n) is 8.26. The molecule has 0 radical (unpaired) electrons. The molecule has 0 spiro atoms. The second kappa shape index (κ2) is 9.74. The molecule has 2 saturated heterocycles. The van der Waals surface area contributed by atoms with Gasteiger partial charge in [-0.15, -0.1) is 23.2 Å². The molecule has 1 aromatic carbocycles. The zero-order valence-corrected chi connectivity index (χ0v) is 25.0. The third-order valence-corrected chi connectivity index (χ3v) is 10.8. The number of ether oxygens (including phenoxy) is 1. The maximum atomic E-state index is 13.8. The van der Waals surface area contributed by atoms with Crippen LogP contribution in [-0.4, -0.2) is 78.5 Å². The summed E-state index contributed by atoms with van der Waals surface area (Å²) in [5.74, 6) is -7.15. The molecule has 2 aliphatic heterocycles. The van der Waals surface area contributed by atoms with Gasteiger partial charge in [0.2, 0.25) is 11.8 Å². The van der Waals surface area contributed by atoms with Crippen molar-refractivity contribution in [3.05, 3.63) is 33.8 Å². The van der Waals surface area contributed by atoms with E-state index >= 15 is 0 Å². The van der Waals surface area contributed by atoms with Crippen LogP contribution in [-0.2, 0) is 24.0 Å². The smallest absolute Gasteiger partial charge is 0.305 e. The number of hydrogen-bond acceptors (Lipinski definition) is 7. The van der Waals surface area contributed by atoms with Crippen LogP contribution >= 0.6 is 55.1 Å². The van der Waals surface area contributed by atoms with Crippen LogP contribution in [0.25, 0.3) is 0 Å². The molecule has 0 bridgehead atoms. The van der Waals surface area contributed by atoms with Gasteiger partial charge in [-0.05, 0) is 52.4 Å². The van der Waals surface area contributed by atoms with Crippen molar-refractivity contribution in [1.82, 2.24) is 9.80 Å². The van der Waals surface area contributed by atoms with E-state index in [1.165, 1.54) is 13.2 Å². The van der Waals surface area contributed by atoms with Gasteiger partial charge in [0, 0.05) is 12.5 Å². The average Bonchev–Trinajstić information content (AvgIpc) is 3.22. The summed E-state index contributed by atoms with van der Waals surface area (Å²) in [5.41, 5.74) is 0.822. The lowest BCUT2D eigenvalue weighted by molar-refractivity contribution is -0.143. The molecule has 39 heavy (non-hydrogen) atoms. The van der Waals surface area contributed by atoms with Gasteiger partial charge in [0.15, 0.2) is 21.2 Å². The van der Waals surface area contributed by atoms with Crippen molar-refractivity contribution in [2.24, 2.45) is 17.8 Å². The number of carboxylic acids is 1. The fourth-order valence-electron chi connectivity index (χ4n) is 6.54. The van der Waals surface area contributed by atoms with E-state index in [1.807, 2.05) is 0 Å². The predicted octanol–water partition coefficient (Wildman–Crippen LogP) is 3.35. The van der Waals surface area contributed by atoms with Crippen LogP contribution in [0, 0.1) is 17.8 Å². The monoisotopic (exact) mass is 706 g/mol. The van der Waals surface area contributed by atoms with Crippen LogP contribution in [0.3, 0.4) is 0 Å². The minimum absolute atomic E-state index is 0.0808. The molecule has 1 aromatic rings. The molecule has 2 aliphatic carbocycles. The number of aliphatic carboxylic acids is 1. The van der Waals surface area contributed by atoms with Gasteiger partial charge in [0.25, 0.3) is 11.8 Å². The first-order valence-electron chi connectivity index (χ1n) is 12.0. The van der Waals surface area contributed by atoms with Gasteiger partial charge >= 0.3 is 5.97 Å². The summed E-state index contributed by atoms with van der Waals surface area (Å²) < 4.78 is 5.56. The Kier molecular flexibility index (Phi) is 7.09. The number of alkyl halides is 3. The van der Waals surface area contributed by atoms with Crippen molar-refractivity contribution in [2.45, 2.75) is 34.9 Å². The largest absolute Gasteiger partial charge is 0.503 e. The Balaban J connectivity index is 1.70. The van der Waals surface area contributed by atoms with Crippen LogP contribution in [0.5, 0.6) is 11.5 Å². The molecule has 1 saturated carbocycles. The first-order chi connectivity index (χ1) is 18.3. The minimum Gasteiger partial charge on any atom is -0.503 e. The molecule has 0 aromatic heterocycles. The van der Waals surface area contributed by atoms with E-state index < -0.39 is 69.4 Å². The number of allylic oxidation sites excluding steroid dienone is 2. The zero-order chi connectivity index (χ0) is 28.6. The Bertz CT molecular complexity index is 1370. The number of imide groups is 2. The highest BCUT2D eigenvalue weighted by molar-refractivity contribution is 9.10. The fraction of sp³-hybridized carbons (Fsp3) is 0.480. The maximum absolute atomic E-state index is 13.8. The number of carbonyl (C=O) groups is 5. The van der Waals surface area contributed by atoms with E-state index in [0.29, 0.717) is 11.1 Å². The van der Waals surface area contributed by atoms with E-state index in [9.17, 15) is 29.1 Å². The molecule has 6 atom stereocenters. The van der Waals surface area contributed by atoms with Crippen LogP contribution < -0.4 is 4.74 Å². The van der Waals surface area contributed by atoms with Crippen molar-refractivity contribution in [3.63, 3.8) is 0 Å². The van der Waals surface area contributed by atoms with Crippen LogP contribution in [0.15, 0.2) is 28.3 Å². The molecule has 208 valence electrons. The molecule has 0 unspecified atom stereocenters. The quantitative estimate of drug-likeness (QED) is 0.199. The topological polar surface area (TPSA) is 142 Å². The van der Waals surface area contributed by atoms with Gasteiger partial charge in [-0.1, -0.05) is 27.6 Å². The molecule has 2 N–H and O–H groups in total. The number of phenols is 1. The predicted molar refractivity (Wildman–Crippen MR) is 145 cm³/mol. The van der Waals surface area contributed by atoms with Gasteiger partial charge < -0.3 is 14.9 Å². The number of halogens is 4. The number of carboxylic acid groups (broad SMARTS) is 1. The molecule has 2 heterocycles. The van der Waals surface area contributed by atoms with Gasteiger partial charge in [0.05, 0.1) is 35.3 Å². The molecular formula is C25H22Br2Cl2N2O8. The van der Waals surface area contributed by atoms with Crippen molar-refractivity contribution in [1.29, 1.82) is 0 Å². The summed E-state index contributed by atoms with van der Waals surface area (Å²) in [4.78, 5) is 63.2. The van der Waals surface area contributed by atoms with Crippen LogP contribution in [0.1, 0.15) is 30.7 Å². The number of amides is 4. The van der Waals surface area contributed by atoms with Crippen LogP contribution in [0.2, 0.25) is 0 Å². The molecular weight excluding hydrogens is 687 g/mol. The third kappa shape index (κ3) is 3.81. The number of rotatable bonds is 6. The average molecular weight is 709 g/mol. The van der Waals surface area contributed by atoms with Crippen molar-refractivity contribution in [3.8, 4) is 11.5 Å². The number of aromatic hydroxyl groups is 1. The number of nitrogens with zero attached hydrogens (tertiary/aromatic N) is 2. The molecule has 4 amide bonds. The van der Waals surface area contributed by atoms with Gasteiger partial charge in [-0.3, -0.25) is 33.8 Å². The lowest BCUT2D eigenvalue weighted by Gasteiger charge is -2.50. The Morgan fingerprint density at radius 1 is 1.13 bits per heavy atom.